The van der Waals surface area contributed by atoms with Crippen LogP contribution in [0.15, 0.2) is 0 Å². The zero-order chi connectivity index (χ0) is 11.3. The molecule has 1 N–H and O–H groups in total. The predicted molar refractivity (Wildman–Crippen MR) is 65.9 cm³/mol. The van der Waals surface area contributed by atoms with Crippen molar-refractivity contribution in [3.8, 4) is 0 Å². The molecule has 0 amide bonds. The van der Waals surface area contributed by atoms with Crippen molar-refractivity contribution in [2.24, 2.45) is 11.8 Å². The van der Waals surface area contributed by atoms with Gasteiger partial charge in [0.1, 0.15) is 0 Å². The fourth-order valence-electron chi connectivity index (χ4n) is 3.32. The zero-order valence-electron chi connectivity index (χ0n) is 10.8. The Morgan fingerprint density at radius 1 is 1.07 bits per heavy atom. The second-order valence-corrected chi connectivity index (χ2v) is 5.89. The van der Waals surface area contributed by atoms with Crippen LogP contribution in [0.3, 0.4) is 0 Å². The Morgan fingerprint density at radius 3 is 2.20 bits per heavy atom. The molecule has 1 nitrogen and oxygen atoms in total. The Hall–Kier alpha value is -0.0400. The van der Waals surface area contributed by atoms with Crippen molar-refractivity contribution in [2.75, 3.05) is 0 Å². The summed E-state index contributed by atoms with van der Waals surface area (Å²) in [5.74, 6) is 1.43. The van der Waals surface area contributed by atoms with E-state index in [-0.39, 0.29) is 5.60 Å². The summed E-state index contributed by atoms with van der Waals surface area (Å²) in [6, 6.07) is 0. The topological polar surface area (TPSA) is 20.2 Å². The Balaban J connectivity index is 2.30. The molecule has 0 aromatic carbocycles. The van der Waals surface area contributed by atoms with Crippen molar-refractivity contribution in [3.63, 3.8) is 0 Å². The van der Waals surface area contributed by atoms with E-state index in [2.05, 4.69) is 20.8 Å². The lowest BCUT2D eigenvalue weighted by Crippen LogP contribution is -2.37. The van der Waals surface area contributed by atoms with Crippen LogP contribution in [0.2, 0.25) is 0 Å². The molecule has 1 aliphatic rings. The molecule has 90 valence electrons. The molecule has 1 saturated carbocycles. The van der Waals surface area contributed by atoms with Gasteiger partial charge in [0.05, 0.1) is 5.60 Å². The smallest absolute Gasteiger partial charge is 0.0652 e. The summed E-state index contributed by atoms with van der Waals surface area (Å²) < 4.78 is 0. The fraction of sp³-hybridized carbons (Fsp3) is 1.00. The van der Waals surface area contributed by atoms with Gasteiger partial charge in [-0.15, -0.1) is 0 Å². The van der Waals surface area contributed by atoms with E-state index in [0.717, 1.165) is 19.3 Å². The van der Waals surface area contributed by atoms with Crippen molar-refractivity contribution in [1.29, 1.82) is 0 Å². The molecular formula is C14H28O. The van der Waals surface area contributed by atoms with Crippen LogP contribution >= 0.6 is 0 Å². The third-order valence-corrected chi connectivity index (χ3v) is 3.76. The number of hydrogen-bond donors (Lipinski definition) is 1. The van der Waals surface area contributed by atoms with Crippen molar-refractivity contribution in [3.05, 3.63) is 0 Å². The summed E-state index contributed by atoms with van der Waals surface area (Å²) in [6.45, 7) is 6.80. The molecule has 0 aromatic heterocycles. The lowest BCUT2D eigenvalue weighted by atomic mass is 9.72. The van der Waals surface area contributed by atoms with Crippen LogP contribution in [0.5, 0.6) is 0 Å². The molecule has 1 aliphatic carbocycles. The zero-order valence-corrected chi connectivity index (χ0v) is 10.8. The number of aliphatic hydroxyl groups is 1. The molecule has 0 bridgehead atoms. The van der Waals surface area contributed by atoms with Gasteiger partial charge in [-0.05, 0) is 37.5 Å². The molecule has 1 rings (SSSR count). The average molecular weight is 212 g/mol. The Kier molecular flexibility index (Phi) is 5.11. The molecule has 0 spiro atoms. The summed E-state index contributed by atoms with van der Waals surface area (Å²) >= 11 is 0. The lowest BCUT2D eigenvalue weighted by molar-refractivity contribution is -0.0392. The monoisotopic (exact) mass is 212 g/mol. The molecule has 15 heavy (non-hydrogen) atoms. The Labute approximate surface area is 95.3 Å². The van der Waals surface area contributed by atoms with Crippen LogP contribution in [0.4, 0.5) is 0 Å². The second-order valence-electron chi connectivity index (χ2n) is 5.89. The molecule has 2 atom stereocenters. The predicted octanol–water partition coefficient (Wildman–Crippen LogP) is 4.14. The first-order chi connectivity index (χ1) is 7.06. The van der Waals surface area contributed by atoms with Crippen LogP contribution in [0, 0.1) is 11.8 Å². The van der Waals surface area contributed by atoms with E-state index in [1.54, 1.807) is 0 Å². The van der Waals surface area contributed by atoms with Gasteiger partial charge in [0.15, 0.2) is 0 Å². The van der Waals surface area contributed by atoms with Gasteiger partial charge in [0.25, 0.3) is 0 Å². The second kappa shape index (κ2) is 5.89. The normalized spacial score (nSPS) is 36.8. The SMILES string of the molecule is CCCCCCC1(O)CC(C)CC(C)C1. The van der Waals surface area contributed by atoms with E-state index >= 15 is 0 Å². The van der Waals surface area contributed by atoms with Crippen LogP contribution in [-0.4, -0.2) is 10.7 Å². The van der Waals surface area contributed by atoms with Crippen LogP contribution in [0.1, 0.15) is 72.1 Å². The molecule has 0 heterocycles. The minimum absolute atomic E-state index is 0.329. The summed E-state index contributed by atoms with van der Waals surface area (Å²) in [6.07, 6.45) is 9.50. The fourth-order valence-corrected chi connectivity index (χ4v) is 3.32. The summed E-state index contributed by atoms with van der Waals surface area (Å²) in [7, 11) is 0. The van der Waals surface area contributed by atoms with E-state index in [9.17, 15) is 5.11 Å². The Bertz CT molecular complexity index is 166. The maximum absolute atomic E-state index is 10.5. The molecular weight excluding hydrogens is 184 g/mol. The lowest BCUT2D eigenvalue weighted by Gasteiger charge is -2.39. The van der Waals surface area contributed by atoms with Crippen molar-refractivity contribution in [1.82, 2.24) is 0 Å². The minimum Gasteiger partial charge on any atom is -0.390 e. The molecule has 0 saturated heterocycles. The van der Waals surface area contributed by atoms with Gasteiger partial charge >= 0.3 is 0 Å². The molecule has 1 fully saturated rings. The van der Waals surface area contributed by atoms with Crippen LogP contribution < -0.4 is 0 Å². The van der Waals surface area contributed by atoms with Gasteiger partial charge < -0.3 is 5.11 Å². The highest BCUT2D eigenvalue weighted by atomic mass is 16.3. The van der Waals surface area contributed by atoms with E-state index in [1.807, 2.05) is 0 Å². The van der Waals surface area contributed by atoms with E-state index in [4.69, 9.17) is 0 Å². The van der Waals surface area contributed by atoms with Gasteiger partial charge in [-0.3, -0.25) is 0 Å². The van der Waals surface area contributed by atoms with E-state index in [0.29, 0.717) is 11.8 Å². The van der Waals surface area contributed by atoms with Gasteiger partial charge in [-0.2, -0.15) is 0 Å². The van der Waals surface area contributed by atoms with Gasteiger partial charge in [0.2, 0.25) is 0 Å². The maximum Gasteiger partial charge on any atom is 0.0652 e. The summed E-state index contributed by atoms with van der Waals surface area (Å²) in [4.78, 5) is 0. The molecule has 0 aliphatic heterocycles. The maximum atomic E-state index is 10.5. The van der Waals surface area contributed by atoms with Crippen molar-refractivity contribution < 1.29 is 5.11 Å². The molecule has 1 heteroatoms. The largest absolute Gasteiger partial charge is 0.390 e. The van der Waals surface area contributed by atoms with Gasteiger partial charge in [-0.25, -0.2) is 0 Å². The first-order valence-electron chi connectivity index (χ1n) is 6.78. The highest BCUT2D eigenvalue weighted by molar-refractivity contribution is 4.87. The third kappa shape index (κ3) is 4.55. The number of hydrogen-bond acceptors (Lipinski definition) is 1. The van der Waals surface area contributed by atoms with Crippen LogP contribution in [0.25, 0.3) is 0 Å². The van der Waals surface area contributed by atoms with Crippen molar-refractivity contribution in [2.45, 2.75) is 77.7 Å². The summed E-state index contributed by atoms with van der Waals surface area (Å²) in [5.41, 5.74) is -0.329. The van der Waals surface area contributed by atoms with Crippen LogP contribution in [-0.2, 0) is 0 Å². The highest BCUT2D eigenvalue weighted by Crippen LogP contribution is 2.38. The van der Waals surface area contributed by atoms with Gasteiger partial charge in [-0.1, -0.05) is 46.5 Å². The first kappa shape index (κ1) is 13.0. The minimum atomic E-state index is -0.329. The number of rotatable bonds is 5. The van der Waals surface area contributed by atoms with Gasteiger partial charge in [0, 0.05) is 0 Å². The van der Waals surface area contributed by atoms with E-state index < -0.39 is 0 Å². The average Bonchev–Trinajstić information content (AvgIpc) is 2.10. The molecule has 2 unspecified atom stereocenters. The third-order valence-electron chi connectivity index (χ3n) is 3.76. The summed E-state index contributed by atoms with van der Waals surface area (Å²) in [5, 5.41) is 10.5. The Morgan fingerprint density at radius 2 is 1.67 bits per heavy atom. The highest BCUT2D eigenvalue weighted by Gasteiger charge is 2.35. The standard InChI is InChI=1S/C14H28O/c1-4-5-6-7-8-14(15)10-12(2)9-13(3)11-14/h12-13,15H,4-11H2,1-3H3. The first-order valence-corrected chi connectivity index (χ1v) is 6.78. The van der Waals surface area contributed by atoms with E-state index in [1.165, 1.54) is 32.1 Å². The molecule has 0 aromatic rings. The molecule has 0 radical (unpaired) electrons. The number of unbranched alkanes of at least 4 members (excludes halogenated alkanes) is 3. The van der Waals surface area contributed by atoms with Crippen molar-refractivity contribution >= 4 is 0 Å². The quantitative estimate of drug-likeness (QED) is 0.679.